The minimum atomic E-state index is 0. The van der Waals surface area contributed by atoms with Crippen molar-refractivity contribution in [3.05, 3.63) is 0 Å². The second-order valence-electron chi connectivity index (χ2n) is 4.99. The Kier molecular flexibility index (Phi) is 3.35. The van der Waals surface area contributed by atoms with Crippen LogP contribution >= 0.6 is 12.4 Å². The number of rotatable bonds is 2. The normalized spacial score (nSPS) is 41.6. The maximum Gasteiger partial charge on any atom is 0.0195 e. The standard InChI is InChI=1S/C11H20N2.ClH/c1-4-10(12-5-1)8-13-6-2-3-9-7-11(9)13;/h9-12H,1-8H2;1H/t9-,10+,11+;/m1./s1. The Bertz CT molecular complexity index is 192. The number of halogens is 1. The van der Waals surface area contributed by atoms with Gasteiger partial charge in [-0.1, -0.05) is 0 Å². The first-order chi connectivity index (χ1) is 6.43. The van der Waals surface area contributed by atoms with Crippen LogP contribution in [0, 0.1) is 5.92 Å². The Labute approximate surface area is 92.8 Å². The van der Waals surface area contributed by atoms with Gasteiger partial charge in [-0.05, 0) is 51.1 Å². The predicted molar refractivity (Wildman–Crippen MR) is 61.0 cm³/mol. The van der Waals surface area contributed by atoms with Crippen LogP contribution in [0.3, 0.4) is 0 Å². The highest BCUT2D eigenvalue weighted by atomic mass is 35.5. The van der Waals surface area contributed by atoms with Gasteiger partial charge >= 0.3 is 0 Å². The molecule has 0 unspecified atom stereocenters. The molecule has 0 amide bonds. The molecule has 1 saturated carbocycles. The molecule has 0 aromatic heterocycles. The van der Waals surface area contributed by atoms with E-state index < -0.39 is 0 Å². The molecular formula is C11H21ClN2. The Hall–Kier alpha value is 0.210. The fourth-order valence-corrected chi connectivity index (χ4v) is 3.13. The number of nitrogens with zero attached hydrogens (tertiary/aromatic N) is 1. The number of nitrogens with one attached hydrogen (secondary N) is 1. The van der Waals surface area contributed by atoms with Gasteiger partial charge in [-0.15, -0.1) is 12.4 Å². The SMILES string of the molecule is C1CN[C@H](CN2CCC[C@@H]3C[C@@H]32)C1.Cl. The lowest BCUT2D eigenvalue weighted by atomic mass is 10.1. The fourth-order valence-electron chi connectivity index (χ4n) is 3.13. The molecule has 0 spiro atoms. The zero-order valence-electron chi connectivity index (χ0n) is 8.74. The molecular weight excluding hydrogens is 196 g/mol. The Balaban J connectivity index is 0.000000750. The molecule has 2 saturated heterocycles. The van der Waals surface area contributed by atoms with Gasteiger partial charge in [0.05, 0.1) is 0 Å². The van der Waals surface area contributed by atoms with E-state index >= 15 is 0 Å². The molecule has 0 aromatic rings. The summed E-state index contributed by atoms with van der Waals surface area (Å²) in [5, 5.41) is 3.60. The molecule has 3 atom stereocenters. The van der Waals surface area contributed by atoms with E-state index in [2.05, 4.69) is 10.2 Å². The van der Waals surface area contributed by atoms with Gasteiger partial charge in [0.25, 0.3) is 0 Å². The number of hydrogen-bond donors (Lipinski definition) is 1. The highest BCUT2D eigenvalue weighted by Crippen LogP contribution is 2.43. The summed E-state index contributed by atoms with van der Waals surface area (Å²) in [6, 6.07) is 1.82. The number of hydrogen-bond acceptors (Lipinski definition) is 2. The summed E-state index contributed by atoms with van der Waals surface area (Å²) >= 11 is 0. The van der Waals surface area contributed by atoms with Crippen molar-refractivity contribution in [3.63, 3.8) is 0 Å². The molecule has 3 fully saturated rings. The highest BCUT2D eigenvalue weighted by Gasteiger charge is 2.44. The van der Waals surface area contributed by atoms with Crippen LogP contribution in [-0.2, 0) is 0 Å². The largest absolute Gasteiger partial charge is 0.313 e. The summed E-state index contributed by atoms with van der Waals surface area (Å²) in [4.78, 5) is 2.75. The van der Waals surface area contributed by atoms with Gasteiger partial charge in [-0.3, -0.25) is 4.90 Å². The summed E-state index contributed by atoms with van der Waals surface area (Å²) < 4.78 is 0. The Morgan fingerprint density at radius 3 is 2.93 bits per heavy atom. The molecule has 3 rings (SSSR count). The van der Waals surface area contributed by atoms with E-state index in [1.54, 1.807) is 0 Å². The Morgan fingerprint density at radius 2 is 2.14 bits per heavy atom. The van der Waals surface area contributed by atoms with E-state index in [-0.39, 0.29) is 12.4 Å². The molecule has 2 aliphatic heterocycles. The maximum absolute atomic E-state index is 3.60. The molecule has 2 heterocycles. The summed E-state index contributed by atoms with van der Waals surface area (Å²) in [5.41, 5.74) is 0. The molecule has 82 valence electrons. The van der Waals surface area contributed by atoms with Crippen LogP contribution in [0.1, 0.15) is 32.1 Å². The van der Waals surface area contributed by atoms with Crippen LogP contribution in [0.15, 0.2) is 0 Å². The van der Waals surface area contributed by atoms with Gasteiger partial charge in [0.15, 0.2) is 0 Å². The summed E-state index contributed by atoms with van der Waals surface area (Å²) in [6.45, 7) is 3.97. The molecule has 3 aliphatic rings. The predicted octanol–water partition coefficient (Wildman–Crippen LogP) is 1.64. The lowest BCUT2D eigenvalue weighted by molar-refractivity contribution is 0.198. The first-order valence-electron chi connectivity index (χ1n) is 5.91. The van der Waals surface area contributed by atoms with Gasteiger partial charge in [0.1, 0.15) is 0 Å². The van der Waals surface area contributed by atoms with Crippen LogP contribution < -0.4 is 5.32 Å². The van der Waals surface area contributed by atoms with Crippen molar-refractivity contribution in [1.29, 1.82) is 0 Å². The number of fused-ring (bicyclic) bond motifs is 1. The van der Waals surface area contributed by atoms with E-state index in [0.29, 0.717) is 0 Å². The van der Waals surface area contributed by atoms with Crippen molar-refractivity contribution in [1.82, 2.24) is 10.2 Å². The van der Waals surface area contributed by atoms with Crippen molar-refractivity contribution in [2.45, 2.75) is 44.2 Å². The average Bonchev–Trinajstić information content (AvgIpc) is 2.77. The smallest absolute Gasteiger partial charge is 0.0195 e. The van der Waals surface area contributed by atoms with Crippen molar-refractivity contribution >= 4 is 12.4 Å². The number of piperidine rings is 1. The molecule has 1 aliphatic carbocycles. The van der Waals surface area contributed by atoms with Crippen LogP contribution in [-0.4, -0.2) is 36.6 Å². The van der Waals surface area contributed by atoms with Crippen LogP contribution in [0.4, 0.5) is 0 Å². The molecule has 0 aromatic carbocycles. The third kappa shape index (κ3) is 2.07. The molecule has 2 nitrogen and oxygen atoms in total. The molecule has 14 heavy (non-hydrogen) atoms. The summed E-state index contributed by atoms with van der Waals surface area (Å²) in [6.07, 6.45) is 7.28. The van der Waals surface area contributed by atoms with Crippen molar-refractivity contribution < 1.29 is 0 Å². The summed E-state index contributed by atoms with van der Waals surface area (Å²) in [5.74, 6) is 1.09. The molecule has 1 N–H and O–H groups in total. The average molecular weight is 217 g/mol. The molecule has 3 heteroatoms. The first-order valence-corrected chi connectivity index (χ1v) is 5.91. The van der Waals surface area contributed by atoms with Crippen LogP contribution in [0.5, 0.6) is 0 Å². The van der Waals surface area contributed by atoms with Crippen molar-refractivity contribution in [3.8, 4) is 0 Å². The van der Waals surface area contributed by atoms with E-state index in [9.17, 15) is 0 Å². The fraction of sp³-hybridized carbons (Fsp3) is 1.00. The van der Waals surface area contributed by atoms with Gasteiger partial charge < -0.3 is 5.32 Å². The van der Waals surface area contributed by atoms with Gasteiger partial charge in [-0.2, -0.15) is 0 Å². The molecule has 0 radical (unpaired) electrons. The van der Waals surface area contributed by atoms with Crippen molar-refractivity contribution in [2.24, 2.45) is 5.92 Å². The zero-order chi connectivity index (χ0) is 8.67. The Morgan fingerprint density at radius 1 is 1.21 bits per heavy atom. The second-order valence-corrected chi connectivity index (χ2v) is 4.99. The van der Waals surface area contributed by atoms with Crippen molar-refractivity contribution in [2.75, 3.05) is 19.6 Å². The third-order valence-corrected chi connectivity index (χ3v) is 3.99. The monoisotopic (exact) mass is 216 g/mol. The third-order valence-electron chi connectivity index (χ3n) is 3.99. The van der Waals surface area contributed by atoms with Gasteiger partial charge in [0, 0.05) is 18.6 Å². The number of likely N-dealkylation sites (tertiary alicyclic amines) is 1. The minimum absolute atomic E-state index is 0. The maximum atomic E-state index is 3.60. The summed E-state index contributed by atoms with van der Waals surface area (Å²) in [7, 11) is 0. The highest BCUT2D eigenvalue weighted by molar-refractivity contribution is 5.85. The minimum Gasteiger partial charge on any atom is -0.313 e. The van der Waals surface area contributed by atoms with E-state index in [1.165, 1.54) is 51.7 Å². The lowest BCUT2D eigenvalue weighted by Gasteiger charge is -2.29. The topological polar surface area (TPSA) is 15.3 Å². The van der Waals surface area contributed by atoms with Gasteiger partial charge in [0.2, 0.25) is 0 Å². The second kappa shape index (κ2) is 4.38. The molecule has 0 bridgehead atoms. The van der Waals surface area contributed by atoms with E-state index in [1.807, 2.05) is 0 Å². The van der Waals surface area contributed by atoms with Gasteiger partial charge in [-0.25, -0.2) is 0 Å². The van der Waals surface area contributed by atoms with E-state index in [0.717, 1.165) is 18.0 Å². The van der Waals surface area contributed by atoms with Crippen LogP contribution in [0.2, 0.25) is 0 Å². The zero-order valence-corrected chi connectivity index (χ0v) is 9.56. The van der Waals surface area contributed by atoms with E-state index in [4.69, 9.17) is 0 Å². The quantitative estimate of drug-likeness (QED) is 0.755. The lowest BCUT2D eigenvalue weighted by Crippen LogP contribution is -2.41. The first kappa shape index (κ1) is 10.7. The van der Waals surface area contributed by atoms with Crippen LogP contribution in [0.25, 0.3) is 0 Å².